The van der Waals surface area contributed by atoms with Gasteiger partial charge in [-0.05, 0) is 43.9 Å². The van der Waals surface area contributed by atoms with Crippen molar-refractivity contribution in [2.45, 2.75) is 38.1 Å². The van der Waals surface area contributed by atoms with E-state index in [-0.39, 0.29) is 5.82 Å². The number of methoxy groups -OCH3 is 1. The first-order valence-corrected chi connectivity index (χ1v) is 6.73. The van der Waals surface area contributed by atoms with Crippen LogP contribution in [0.5, 0.6) is 5.75 Å². The third-order valence-electron chi connectivity index (χ3n) is 3.96. The van der Waals surface area contributed by atoms with Gasteiger partial charge in [-0.25, -0.2) is 4.39 Å². The molecule has 0 heterocycles. The largest absolute Gasteiger partial charge is 0.494 e. The van der Waals surface area contributed by atoms with Crippen molar-refractivity contribution in [3.05, 3.63) is 29.6 Å². The topological polar surface area (TPSA) is 21.3 Å². The van der Waals surface area contributed by atoms with E-state index in [4.69, 9.17) is 4.74 Å². The first-order valence-electron chi connectivity index (χ1n) is 6.73. The number of hydrogen-bond donors (Lipinski definition) is 1. The van der Waals surface area contributed by atoms with E-state index in [0.717, 1.165) is 18.4 Å². The second-order valence-electron chi connectivity index (χ2n) is 5.16. The van der Waals surface area contributed by atoms with Crippen LogP contribution in [0.25, 0.3) is 0 Å². The zero-order valence-corrected chi connectivity index (χ0v) is 11.2. The van der Waals surface area contributed by atoms with Crippen LogP contribution < -0.4 is 10.1 Å². The van der Waals surface area contributed by atoms with Crippen molar-refractivity contribution in [3.8, 4) is 5.75 Å². The Labute approximate surface area is 109 Å². The molecule has 18 heavy (non-hydrogen) atoms. The fraction of sp³-hybridized carbons (Fsp3) is 0.600. The van der Waals surface area contributed by atoms with E-state index in [0.29, 0.717) is 17.7 Å². The number of rotatable bonds is 4. The minimum atomic E-state index is -0.188. The maximum Gasteiger partial charge on any atom is 0.168 e. The highest BCUT2D eigenvalue weighted by Gasteiger charge is 2.22. The van der Waals surface area contributed by atoms with Gasteiger partial charge in [0.2, 0.25) is 0 Å². The van der Waals surface area contributed by atoms with Crippen LogP contribution in [0.1, 0.15) is 31.2 Å². The Bertz CT molecular complexity index is 394. The lowest BCUT2D eigenvalue weighted by Crippen LogP contribution is -2.32. The molecule has 1 saturated carbocycles. The SMILES string of the molecule is CNC1CCCC(Cc2cccc(OC)c2F)C1. The molecule has 1 fully saturated rings. The summed E-state index contributed by atoms with van der Waals surface area (Å²) in [6.07, 6.45) is 5.65. The van der Waals surface area contributed by atoms with Crippen molar-refractivity contribution >= 4 is 0 Å². The Balaban J connectivity index is 2.04. The van der Waals surface area contributed by atoms with Gasteiger partial charge in [-0.2, -0.15) is 0 Å². The fourth-order valence-electron chi connectivity index (χ4n) is 2.92. The lowest BCUT2D eigenvalue weighted by molar-refractivity contribution is 0.291. The van der Waals surface area contributed by atoms with Crippen molar-refractivity contribution in [1.82, 2.24) is 5.32 Å². The van der Waals surface area contributed by atoms with Gasteiger partial charge < -0.3 is 10.1 Å². The van der Waals surface area contributed by atoms with Gasteiger partial charge in [-0.1, -0.05) is 25.0 Å². The summed E-state index contributed by atoms with van der Waals surface area (Å²) in [5.74, 6) is 0.748. The molecule has 0 aliphatic heterocycles. The average molecular weight is 251 g/mol. The molecule has 0 aromatic heterocycles. The van der Waals surface area contributed by atoms with E-state index in [1.54, 1.807) is 6.07 Å². The first kappa shape index (κ1) is 13.3. The van der Waals surface area contributed by atoms with Crippen molar-refractivity contribution in [2.75, 3.05) is 14.2 Å². The van der Waals surface area contributed by atoms with Crippen LogP contribution in [0.2, 0.25) is 0 Å². The van der Waals surface area contributed by atoms with Crippen LogP contribution in [0, 0.1) is 11.7 Å². The molecule has 0 spiro atoms. The van der Waals surface area contributed by atoms with Crippen LogP contribution in [0.3, 0.4) is 0 Å². The highest BCUT2D eigenvalue weighted by molar-refractivity contribution is 5.31. The quantitative estimate of drug-likeness (QED) is 0.887. The Morgan fingerprint density at radius 2 is 2.22 bits per heavy atom. The fourth-order valence-corrected chi connectivity index (χ4v) is 2.92. The summed E-state index contributed by atoms with van der Waals surface area (Å²) in [6.45, 7) is 0. The van der Waals surface area contributed by atoms with Gasteiger partial charge in [-0.3, -0.25) is 0 Å². The molecule has 100 valence electrons. The molecule has 0 saturated heterocycles. The molecule has 0 radical (unpaired) electrons. The lowest BCUT2D eigenvalue weighted by atomic mass is 9.82. The summed E-state index contributed by atoms with van der Waals surface area (Å²) in [6, 6.07) is 6.02. The van der Waals surface area contributed by atoms with Crippen molar-refractivity contribution in [1.29, 1.82) is 0 Å². The van der Waals surface area contributed by atoms with E-state index in [1.807, 2.05) is 19.2 Å². The predicted octanol–water partition coefficient (Wildman–Crippen LogP) is 3.16. The highest BCUT2D eigenvalue weighted by Crippen LogP contribution is 2.29. The molecule has 3 heteroatoms. The molecule has 2 nitrogen and oxygen atoms in total. The molecule has 1 aromatic carbocycles. The van der Waals surface area contributed by atoms with E-state index < -0.39 is 0 Å². The smallest absolute Gasteiger partial charge is 0.168 e. The molecule has 0 bridgehead atoms. The summed E-state index contributed by atoms with van der Waals surface area (Å²) in [5, 5.41) is 3.34. The molecule has 1 aliphatic rings. The van der Waals surface area contributed by atoms with Crippen molar-refractivity contribution < 1.29 is 9.13 Å². The second kappa shape index (κ2) is 6.19. The van der Waals surface area contributed by atoms with Gasteiger partial charge in [-0.15, -0.1) is 0 Å². The van der Waals surface area contributed by atoms with Crippen LogP contribution in [0.15, 0.2) is 18.2 Å². The van der Waals surface area contributed by atoms with Crippen LogP contribution >= 0.6 is 0 Å². The number of nitrogens with one attached hydrogen (secondary N) is 1. The Morgan fingerprint density at radius 3 is 2.94 bits per heavy atom. The molecule has 1 aliphatic carbocycles. The molecule has 2 atom stereocenters. The van der Waals surface area contributed by atoms with E-state index in [1.165, 1.54) is 26.4 Å². The molecular weight excluding hydrogens is 229 g/mol. The summed E-state index contributed by atoms with van der Waals surface area (Å²) < 4.78 is 19.1. The average Bonchev–Trinajstić information content (AvgIpc) is 2.41. The van der Waals surface area contributed by atoms with Crippen molar-refractivity contribution in [3.63, 3.8) is 0 Å². The summed E-state index contributed by atoms with van der Waals surface area (Å²) in [7, 11) is 3.53. The minimum Gasteiger partial charge on any atom is -0.494 e. The van der Waals surface area contributed by atoms with E-state index >= 15 is 0 Å². The second-order valence-corrected chi connectivity index (χ2v) is 5.16. The van der Waals surface area contributed by atoms with Gasteiger partial charge in [0, 0.05) is 6.04 Å². The molecule has 0 amide bonds. The zero-order valence-electron chi connectivity index (χ0n) is 11.2. The molecule has 1 aromatic rings. The maximum absolute atomic E-state index is 14.1. The Hall–Kier alpha value is -1.09. The summed E-state index contributed by atoms with van der Waals surface area (Å²) in [5.41, 5.74) is 0.788. The van der Waals surface area contributed by atoms with Gasteiger partial charge in [0.05, 0.1) is 7.11 Å². The van der Waals surface area contributed by atoms with Crippen molar-refractivity contribution in [2.24, 2.45) is 5.92 Å². The maximum atomic E-state index is 14.1. The van der Waals surface area contributed by atoms with E-state index in [2.05, 4.69) is 5.32 Å². The summed E-state index contributed by atoms with van der Waals surface area (Å²) in [4.78, 5) is 0. The molecule has 2 unspecified atom stereocenters. The molecule has 1 N–H and O–H groups in total. The van der Waals surface area contributed by atoms with Gasteiger partial charge in [0.25, 0.3) is 0 Å². The Morgan fingerprint density at radius 1 is 1.39 bits per heavy atom. The monoisotopic (exact) mass is 251 g/mol. The number of benzene rings is 1. The first-order chi connectivity index (χ1) is 8.74. The third-order valence-corrected chi connectivity index (χ3v) is 3.96. The molecule has 2 rings (SSSR count). The highest BCUT2D eigenvalue weighted by atomic mass is 19.1. The zero-order chi connectivity index (χ0) is 13.0. The minimum absolute atomic E-state index is 0.188. The normalized spacial score (nSPS) is 23.9. The molecular formula is C15H22FNO. The predicted molar refractivity (Wildman–Crippen MR) is 71.5 cm³/mol. The van der Waals surface area contributed by atoms with E-state index in [9.17, 15) is 4.39 Å². The van der Waals surface area contributed by atoms with Gasteiger partial charge in [0.1, 0.15) is 0 Å². The number of hydrogen-bond acceptors (Lipinski definition) is 2. The number of ether oxygens (including phenoxy) is 1. The van der Waals surface area contributed by atoms with Gasteiger partial charge in [0.15, 0.2) is 11.6 Å². The third kappa shape index (κ3) is 3.02. The number of halogens is 1. The van der Waals surface area contributed by atoms with Crippen LogP contribution in [0.4, 0.5) is 4.39 Å². The van der Waals surface area contributed by atoms with Crippen LogP contribution in [-0.4, -0.2) is 20.2 Å². The van der Waals surface area contributed by atoms with Gasteiger partial charge >= 0.3 is 0 Å². The standard InChI is InChI=1S/C15H22FNO/c1-17-13-7-3-5-11(10-13)9-12-6-4-8-14(18-2)15(12)16/h4,6,8,11,13,17H,3,5,7,9-10H2,1-2H3. The Kier molecular flexibility index (Phi) is 4.59. The lowest BCUT2D eigenvalue weighted by Gasteiger charge is -2.29. The van der Waals surface area contributed by atoms with Crippen LogP contribution in [-0.2, 0) is 6.42 Å². The summed E-state index contributed by atoms with van der Waals surface area (Å²) >= 11 is 0.